The third-order valence-electron chi connectivity index (χ3n) is 3.05. The summed E-state index contributed by atoms with van der Waals surface area (Å²) < 4.78 is 0. The molecule has 0 unspecified atom stereocenters. The molecule has 1 aromatic heterocycles. The van der Waals surface area contributed by atoms with Crippen LogP contribution in [0, 0.1) is 0 Å². The van der Waals surface area contributed by atoms with Crippen LogP contribution < -0.4 is 5.32 Å². The summed E-state index contributed by atoms with van der Waals surface area (Å²) >= 11 is 5.82. The highest BCUT2D eigenvalue weighted by atomic mass is 35.5. The van der Waals surface area contributed by atoms with Gasteiger partial charge in [0.2, 0.25) is 0 Å². The maximum atomic E-state index is 12.1. The molecule has 4 nitrogen and oxygen atoms in total. The van der Waals surface area contributed by atoms with Crippen LogP contribution in [0.1, 0.15) is 16.1 Å². The molecule has 0 radical (unpaired) electrons. The van der Waals surface area contributed by atoms with Crippen molar-refractivity contribution in [1.29, 1.82) is 0 Å². The predicted octanol–water partition coefficient (Wildman–Crippen LogP) is 3.21. The van der Waals surface area contributed by atoms with Gasteiger partial charge in [0.05, 0.1) is 17.2 Å². The van der Waals surface area contributed by atoms with E-state index < -0.39 is 0 Å². The van der Waals surface area contributed by atoms with Crippen LogP contribution in [0.4, 0.5) is 0 Å². The highest BCUT2D eigenvalue weighted by Crippen LogP contribution is 2.10. The van der Waals surface area contributed by atoms with Crippen LogP contribution in [0.15, 0.2) is 54.7 Å². The van der Waals surface area contributed by atoms with E-state index in [1.165, 1.54) is 6.20 Å². The minimum atomic E-state index is -0.247. The van der Waals surface area contributed by atoms with E-state index >= 15 is 0 Å². The standard InChI is InChI=1S/C16H12ClN3O/c17-12-7-5-11(6-8-12)9-19-16(21)15-10-18-13-3-1-2-4-14(13)20-15/h1-8,10H,9H2,(H,19,21). The van der Waals surface area contributed by atoms with E-state index in [0.717, 1.165) is 11.1 Å². The van der Waals surface area contributed by atoms with Gasteiger partial charge in [-0.05, 0) is 29.8 Å². The second kappa shape index (κ2) is 5.89. The second-order valence-corrected chi connectivity index (χ2v) is 4.99. The number of para-hydroxylation sites is 2. The molecule has 104 valence electrons. The van der Waals surface area contributed by atoms with Crippen molar-refractivity contribution < 1.29 is 4.79 Å². The van der Waals surface area contributed by atoms with E-state index in [2.05, 4.69) is 15.3 Å². The number of nitrogens with zero attached hydrogens (tertiary/aromatic N) is 2. The van der Waals surface area contributed by atoms with Crippen molar-refractivity contribution in [3.05, 3.63) is 71.0 Å². The topological polar surface area (TPSA) is 54.9 Å². The van der Waals surface area contributed by atoms with Crippen LogP contribution in [-0.4, -0.2) is 15.9 Å². The summed E-state index contributed by atoms with van der Waals surface area (Å²) in [6.45, 7) is 0.421. The van der Waals surface area contributed by atoms with Crippen LogP contribution in [-0.2, 0) is 6.54 Å². The van der Waals surface area contributed by atoms with Crippen LogP contribution in [0.2, 0.25) is 5.02 Å². The Morgan fingerprint density at radius 1 is 1.05 bits per heavy atom. The number of benzene rings is 2. The van der Waals surface area contributed by atoms with Crippen molar-refractivity contribution in [1.82, 2.24) is 15.3 Å². The molecule has 1 amide bonds. The lowest BCUT2D eigenvalue weighted by Gasteiger charge is -2.05. The fraction of sp³-hybridized carbons (Fsp3) is 0.0625. The second-order valence-electron chi connectivity index (χ2n) is 4.55. The highest BCUT2D eigenvalue weighted by Gasteiger charge is 2.08. The maximum Gasteiger partial charge on any atom is 0.271 e. The first-order chi connectivity index (χ1) is 10.2. The van der Waals surface area contributed by atoms with Gasteiger partial charge >= 0.3 is 0 Å². The first kappa shape index (κ1) is 13.5. The number of carbonyl (C=O) groups is 1. The normalized spacial score (nSPS) is 10.5. The molecule has 3 rings (SSSR count). The largest absolute Gasteiger partial charge is 0.347 e. The number of rotatable bonds is 3. The third kappa shape index (κ3) is 3.17. The average molecular weight is 298 g/mol. The molecule has 0 saturated carbocycles. The van der Waals surface area contributed by atoms with Crippen molar-refractivity contribution in [2.24, 2.45) is 0 Å². The number of nitrogens with one attached hydrogen (secondary N) is 1. The Morgan fingerprint density at radius 3 is 2.52 bits per heavy atom. The molecule has 0 aliphatic rings. The molecule has 1 N–H and O–H groups in total. The summed E-state index contributed by atoms with van der Waals surface area (Å²) in [6.07, 6.45) is 1.49. The van der Waals surface area contributed by atoms with Gasteiger partial charge in [0.15, 0.2) is 0 Å². The van der Waals surface area contributed by atoms with Gasteiger partial charge in [-0.2, -0.15) is 0 Å². The zero-order valence-corrected chi connectivity index (χ0v) is 11.8. The lowest BCUT2D eigenvalue weighted by molar-refractivity contribution is 0.0946. The number of carbonyl (C=O) groups excluding carboxylic acids is 1. The van der Waals surface area contributed by atoms with Crippen LogP contribution >= 0.6 is 11.6 Å². The fourth-order valence-electron chi connectivity index (χ4n) is 1.94. The molecular formula is C16H12ClN3O. The van der Waals surface area contributed by atoms with Crippen LogP contribution in [0.5, 0.6) is 0 Å². The first-order valence-electron chi connectivity index (χ1n) is 6.47. The van der Waals surface area contributed by atoms with Gasteiger partial charge in [0.1, 0.15) is 5.69 Å². The van der Waals surface area contributed by atoms with Crippen LogP contribution in [0.3, 0.4) is 0 Å². The summed E-state index contributed by atoms with van der Waals surface area (Å²) in [6, 6.07) is 14.8. The van der Waals surface area contributed by atoms with Gasteiger partial charge in [-0.25, -0.2) is 4.98 Å². The summed E-state index contributed by atoms with van der Waals surface area (Å²) in [5, 5.41) is 3.49. The molecule has 0 atom stereocenters. The Balaban J connectivity index is 1.73. The van der Waals surface area contributed by atoms with Gasteiger partial charge in [-0.15, -0.1) is 0 Å². The summed E-state index contributed by atoms with van der Waals surface area (Å²) in [7, 11) is 0. The smallest absolute Gasteiger partial charge is 0.271 e. The third-order valence-corrected chi connectivity index (χ3v) is 3.30. The number of aromatic nitrogens is 2. The number of halogens is 1. The number of hydrogen-bond acceptors (Lipinski definition) is 3. The van der Waals surface area contributed by atoms with Gasteiger partial charge in [0, 0.05) is 11.6 Å². The Bertz CT molecular complexity index is 787. The van der Waals surface area contributed by atoms with Gasteiger partial charge in [0.25, 0.3) is 5.91 Å². The average Bonchev–Trinajstić information content (AvgIpc) is 2.53. The number of fused-ring (bicyclic) bond motifs is 1. The molecule has 0 fully saturated rings. The molecule has 2 aromatic carbocycles. The minimum Gasteiger partial charge on any atom is -0.347 e. The molecule has 0 spiro atoms. The van der Waals surface area contributed by atoms with Gasteiger partial charge in [-0.3, -0.25) is 9.78 Å². The predicted molar refractivity (Wildman–Crippen MR) is 82.2 cm³/mol. The summed E-state index contributed by atoms with van der Waals surface area (Å²) in [4.78, 5) is 20.6. The number of amides is 1. The lowest BCUT2D eigenvalue weighted by atomic mass is 10.2. The first-order valence-corrected chi connectivity index (χ1v) is 6.84. The van der Waals surface area contributed by atoms with E-state index in [4.69, 9.17) is 11.6 Å². The molecule has 0 bridgehead atoms. The summed E-state index contributed by atoms with van der Waals surface area (Å²) in [5.74, 6) is -0.247. The van der Waals surface area contributed by atoms with Crippen molar-refractivity contribution in [2.45, 2.75) is 6.54 Å². The fourth-order valence-corrected chi connectivity index (χ4v) is 2.07. The molecule has 0 saturated heterocycles. The molecule has 3 aromatic rings. The van der Waals surface area contributed by atoms with E-state index in [1.54, 1.807) is 12.1 Å². The molecule has 0 aliphatic carbocycles. The number of hydrogen-bond donors (Lipinski definition) is 1. The Hall–Kier alpha value is -2.46. The molecule has 5 heteroatoms. The molecular weight excluding hydrogens is 286 g/mol. The Labute approximate surface area is 126 Å². The molecule has 1 heterocycles. The maximum absolute atomic E-state index is 12.1. The minimum absolute atomic E-state index is 0.247. The monoisotopic (exact) mass is 297 g/mol. The van der Waals surface area contributed by atoms with Gasteiger partial charge in [-0.1, -0.05) is 35.9 Å². The van der Waals surface area contributed by atoms with Crippen molar-refractivity contribution >= 4 is 28.5 Å². The zero-order valence-electron chi connectivity index (χ0n) is 11.1. The van der Waals surface area contributed by atoms with E-state index in [9.17, 15) is 4.79 Å². The Kier molecular flexibility index (Phi) is 3.79. The van der Waals surface area contributed by atoms with E-state index in [0.29, 0.717) is 22.8 Å². The summed E-state index contributed by atoms with van der Waals surface area (Å²) in [5.41, 5.74) is 2.76. The van der Waals surface area contributed by atoms with Crippen molar-refractivity contribution in [3.8, 4) is 0 Å². The van der Waals surface area contributed by atoms with Crippen LogP contribution in [0.25, 0.3) is 11.0 Å². The van der Waals surface area contributed by atoms with E-state index in [1.807, 2.05) is 36.4 Å². The zero-order chi connectivity index (χ0) is 14.7. The lowest BCUT2D eigenvalue weighted by Crippen LogP contribution is -2.24. The molecule has 21 heavy (non-hydrogen) atoms. The van der Waals surface area contributed by atoms with Crippen molar-refractivity contribution in [3.63, 3.8) is 0 Å². The molecule has 0 aliphatic heterocycles. The quantitative estimate of drug-likeness (QED) is 0.807. The van der Waals surface area contributed by atoms with E-state index in [-0.39, 0.29) is 5.91 Å². The van der Waals surface area contributed by atoms with Gasteiger partial charge < -0.3 is 5.32 Å². The SMILES string of the molecule is O=C(NCc1ccc(Cl)cc1)c1cnc2ccccc2n1. The Morgan fingerprint density at radius 2 is 1.76 bits per heavy atom. The van der Waals surface area contributed by atoms with Crippen molar-refractivity contribution in [2.75, 3.05) is 0 Å². The highest BCUT2D eigenvalue weighted by molar-refractivity contribution is 6.30.